The van der Waals surface area contributed by atoms with E-state index < -0.39 is 0 Å². The lowest BCUT2D eigenvalue weighted by atomic mass is 9.99. The van der Waals surface area contributed by atoms with Gasteiger partial charge in [-0.15, -0.1) is 0 Å². The molecule has 0 saturated carbocycles. The van der Waals surface area contributed by atoms with Crippen molar-refractivity contribution in [1.29, 1.82) is 0 Å². The van der Waals surface area contributed by atoms with Gasteiger partial charge in [0.05, 0.1) is 5.39 Å². The molecule has 23 heavy (non-hydrogen) atoms. The summed E-state index contributed by atoms with van der Waals surface area (Å²) in [6.07, 6.45) is 0. The van der Waals surface area contributed by atoms with Gasteiger partial charge in [-0.25, -0.2) is 4.39 Å². The highest BCUT2D eigenvalue weighted by atomic mass is 19.1. The summed E-state index contributed by atoms with van der Waals surface area (Å²) in [6.45, 7) is 5.45. The summed E-state index contributed by atoms with van der Waals surface area (Å²) in [7, 11) is 0. The predicted octanol–water partition coefficient (Wildman–Crippen LogP) is 4.24. The van der Waals surface area contributed by atoms with E-state index in [1.165, 1.54) is 12.1 Å². The van der Waals surface area contributed by atoms with Crippen molar-refractivity contribution in [2.45, 2.75) is 26.8 Å². The van der Waals surface area contributed by atoms with E-state index in [1.54, 1.807) is 25.1 Å². The standard InChI is InChI=1S/C19H18FNO2/c1-10-7-15(12(3)21)19-16(8-10)17(22)11(2)18(23-19)13-5-4-6-14(20)9-13/h4-9,12H,21H2,1-3H3/t12-/m1/s1. The molecule has 0 aliphatic heterocycles. The van der Waals surface area contributed by atoms with Gasteiger partial charge in [0.15, 0.2) is 5.43 Å². The van der Waals surface area contributed by atoms with Gasteiger partial charge in [-0.05, 0) is 44.5 Å². The van der Waals surface area contributed by atoms with Gasteiger partial charge in [-0.3, -0.25) is 4.79 Å². The van der Waals surface area contributed by atoms with E-state index >= 15 is 0 Å². The van der Waals surface area contributed by atoms with E-state index in [0.29, 0.717) is 27.9 Å². The number of aryl methyl sites for hydroxylation is 1. The van der Waals surface area contributed by atoms with Crippen LogP contribution in [0, 0.1) is 19.7 Å². The fourth-order valence-electron chi connectivity index (χ4n) is 2.81. The molecule has 0 radical (unpaired) electrons. The molecule has 3 aromatic rings. The van der Waals surface area contributed by atoms with Gasteiger partial charge in [0, 0.05) is 22.7 Å². The third-order valence-corrected chi connectivity index (χ3v) is 3.97. The Hall–Kier alpha value is -2.46. The zero-order valence-corrected chi connectivity index (χ0v) is 13.3. The minimum atomic E-state index is -0.374. The van der Waals surface area contributed by atoms with Crippen molar-refractivity contribution in [2.75, 3.05) is 0 Å². The second-order valence-corrected chi connectivity index (χ2v) is 5.92. The van der Waals surface area contributed by atoms with Crippen molar-refractivity contribution in [3.05, 3.63) is 69.1 Å². The maximum atomic E-state index is 13.5. The first-order chi connectivity index (χ1) is 10.9. The first kappa shape index (κ1) is 15.4. The summed E-state index contributed by atoms with van der Waals surface area (Å²) in [5.41, 5.74) is 9.11. The molecule has 3 rings (SSSR count). The van der Waals surface area contributed by atoms with Gasteiger partial charge in [-0.2, -0.15) is 0 Å². The molecule has 0 spiro atoms. The van der Waals surface area contributed by atoms with E-state index in [0.717, 1.165) is 11.1 Å². The number of hydrogen-bond acceptors (Lipinski definition) is 3. The molecule has 1 heterocycles. The largest absolute Gasteiger partial charge is 0.455 e. The molecule has 0 aliphatic carbocycles. The molecule has 0 saturated heterocycles. The van der Waals surface area contributed by atoms with Crippen molar-refractivity contribution in [3.63, 3.8) is 0 Å². The first-order valence-electron chi connectivity index (χ1n) is 7.48. The monoisotopic (exact) mass is 311 g/mol. The predicted molar refractivity (Wildman–Crippen MR) is 90.0 cm³/mol. The van der Waals surface area contributed by atoms with E-state index in [4.69, 9.17) is 10.2 Å². The summed E-state index contributed by atoms with van der Waals surface area (Å²) in [6, 6.07) is 9.47. The Balaban J connectivity index is 2.42. The number of hydrogen-bond donors (Lipinski definition) is 1. The second kappa shape index (κ2) is 5.63. The van der Waals surface area contributed by atoms with Crippen molar-refractivity contribution >= 4 is 11.0 Å². The molecule has 1 aromatic heterocycles. The van der Waals surface area contributed by atoms with Gasteiger partial charge < -0.3 is 10.2 Å². The molecule has 0 fully saturated rings. The van der Waals surface area contributed by atoms with Gasteiger partial charge in [-0.1, -0.05) is 18.2 Å². The fourth-order valence-corrected chi connectivity index (χ4v) is 2.81. The van der Waals surface area contributed by atoms with Crippen LogP contribution in [0.3, 0.4) is 0 Å². The van der Waals surface area contributed by atoms with E-state index in [9.17, 15) is 9.18 Å². The molecular formula is C19H18FNO2. The van der Waals surface area contributed by atoms with E-state index in [-0.39, 0.29) is 17.3 Å². The zero-order chi connectivity index (χ0) is 16.7. The van der Waals surface area contributed by atoms with Crippen LogP contribution in [0.4, 0.5) is 4.39 Å². The quantitative estimate of drug-likeness (QED) is 0.770. The summed E-state index contributed by atoms with van der Waals surface area (Å²) < 4.78 is 19.5. The number of rotatable bonds is 2. The third-order valence-electron chi connectivity index (χ3n) is 3.97. The highest BCUT2D eigenvalue weighted by Crippen LogP contribution is 2.30. The maximum Gasteiger partial charge on any atom is 0.196 e. The number of halogens is 1. The van der Waals surface area contributed by atoms with Crippen molar-refractivity contribution in [1.82, 2.24) is 0 Å². The van der Waals surface area contributed by atoms with E-state index in [2.05, 4.69) is 0 Å². The molecule has 3 nitrogen and oxygen atoms in total. The SMILES string of the molecule is Cc1cc([C@@H](C)N)c2oc(-c3cccc(F)c3)c(C)c(=O)c2c1. The molecule has 0 aliphatic rings. The average molecular weight is 311 g/mol. The lowest BCUT2D eigenvalue weighted by Gasteiger charge is -2.13. The molecule has 1 atom stereocenters. The van der Waals surface area contributed by atoms with Gasteiger partial charge in [0.1, 0.15) is 17.2 Å². The molecule has 2 N–H and O–H groups in total. The van der Waals surface area contributed by atoms with Gasteiger partial charge >= 0.3 is 0 Å². The van der Waals surface area contributed by atoms with Gasteiger partial charge in [0.25, 0.3) is 0 Å². The summed E-state index contributed by atoms with van der Waals surface area (Å²) in [4.78, 5) is 12.7. The van der Waals surface area contributed by atoms with Crippen LogP contribution >= 0.6 is 0 Å². The van der Waals surface area contributed by atoms with Crippen LogP contribution in [0.1, 0.15) is 29.7 Å². The lowest BCUT2D eigenvalue weighted by Crippen LogP contribution is -2.12. The van der Waals surface area contributed by atoms with Crippen molar-refractivity contribution < 1.29 is 8.81 Å². The highest BCUT2D eigenvalue weighted by Gasteiger charge is 2.17. The Kier molecular flexibility index (Phi) is 3.78. The minimum Gasteiger partial charge on any atom is -0.455 e. The summed E-state index contributed by atoms with van der Waals surface area (Å²) in [5, 5.41) is 0.509. The second-order valence-electron chi connectivity index (χ2n) is 5.92. The van der Waals surface area contributed by atoms with E-state index in [1.807, 2.05) is 19.9 Å². The Labute approximate surface area is 133 Å². The third kappa shape index (κ3) is 2.66. The smallest absolute Gasteiger partial charge is 0.196 e. The number of benzene rings is 2. The molecule has 0 amide bonds. The molecule has 4 heteroatoms. The molecule has 0 bridgehead atoms. The minimum absolute atomic E-state index is 0.115. The van der Waals surface area contributed by atoms with Crippen LogP contribution in [0.2, 0.25) is 0 Å². The first-order valence-corrected chi connectivity index (χ1v) is 7.48. The Morgan fingerprint density at radius 2 is 1.91 bits per heavy atom. The number of fused-ring (bicyclic) bond motifs is 1. The Bertz CT molecular complexity index is 957. The molecule has 118 valence electrons. The van der Waals surface area contributed by atoms with Crippen LogP contribution in [0.15, 0.2) is 45.6 Å². The van der Waals surface area contributed by atoms with Gasteiger partial charge in [0.2, 0.25) is 0 Å². The molecular weight excluding hydrogens is 293 g/mol. The normalized spacial score (nSPS) is 12.6. The maximum absolute atomic E-state index is 13.5. The van der Waals surface area contributed by atoms with Crippen LogP contribution < -0.4 is 11.2 Å². The zero-order valence-electron chi connectivity index (χ0n) is 13.3. The van der Waals surface area contributed by atoms with Crippen molar-refractivity contribution in [2.24, 2.45) is 5.73 Å². The lowest BCUT2D eigenvalue weighted by molar-refractivity contribution is 0.599. The summed E-state index contributed by atoms with van der Waals surface area (Å²) >= 11 is 0. The average Bonchev–Trinajstić information content (AvgIpc) is 2.50. The number of nitrogens with two attached hydrogens (primary N) is 1. The summed E-state index contributed by atoms with van der Waals surface area (Å²) in [5.74, 6) is 0.00808. The van der Waals surface area contributed by atoms with Crippen LogP contribution in [0.25, 0.3) is 22.3 Å². The van der Waals surface area contributed by atoms with Crippen LogP contribution in [0.5, 0.6) is 0 Å². The molecule has 2 aromatic carbocycles. The van der Waals surface area contributed by atoms with Crippen molar-refractivity contribution in [3.8, 4) is 11.3 Å². The fraction of sp³-hybridized carbons (Fsp3) is 0.211. The topological polar surface area (TPSA) is 56.2 Å². The van der Waals surface area contributed by atoms with Crippen LogP contribution in [-0.2, 0) is 0 Å². The molecule has 0 unspecified atom stereocenters. The van der Waals surface area contributed by atoms with Crippen LogP contribution in [-0.4, -0.2) is 0 Å². The Morgan fingerprint density at radius 3 is 2.57 bits per heavy atom. The highest BCUT2D eigenvalue weighted by molar-refractivity contribution is 5.84. The Morgan fingerprint density at radius 1 is 1.17 bits per heavy atom.